The molecule has 5 heteroatoms. The molecule has 0 radical (unpaired) electrons. The summed E-state index contributed by atoms with van der Waals surface area (Å²) in [4.78, 5) is 11.2. The van der Waals surface area contributed by atoms with Crippen LogP contribution in [0.3, 0.4) is 0 Å². The van der Waals surface area contributed by atoms with Gasteiger partial charge in [-0.3, -0.25) is 4.79 Å². The minimum atomic E-state index is -0.643. The van der Waals surface area contributed by atoms with Gasteiger partial charge in [-0.15, -0.1) is 0 Å². The zero-order valence-electron chi connectivity index (χ0n) is 9.48. The highest BCUT2D eigenvalue weighted by atomic mass is 35.5. The summed E-state index contributed by atoms with van der Waals surface area (Å²) in [6.45, 7) is 0. The quantitative estimate of drug-likeness (QED) is 0.850. The molecule has 18 heavy (non-hydrogen) atoms. The van der Waals surface area contributed by atoms with Crippen molar-refractivity contribution in [3.8, 4) is 0 Å². The number of ether oxygens (including phenoxy) is 1. The van der Waals surface area contributed by atoms with Crippen LogP contribution in [0, 0.1) is 0 Å². The van der Waals surface area contributed by atoms with Gasteiger partial charge in [0.1, 0.15) is 6.10 Å². The number of hydrogen-bond donors (Lipinski definition) is 1. The van der Waals surface area contributed by atoms with Crippen molar-refractivity contribution in [2.75, 3.05) is 0 Å². The normalized spacial score (nSPS) is 24.3. The first kappa shape index (κ1) is 13.4. The Balaban J connectivity index is 2.11. The summed E-state index contributed by atoms with van der Waals surface area (Å²) >= 11 is 11.9. The van der Waals surface area contributed by atoms with E-state index in [0.29, 0.717) is 16.5 Å². The number of carbonyl (C=O) groups excluding carboxylic acids is 1. The maximum absolute atomic E-state index is 11.2. The van der Waals surface area contributed by atoms with Crippen molar-refractivity contribution in [3.63, 3.8) is 0 Å². The van der Waals surface area contributed by atoms with Crippen molar-refractivity contribution in [1.82, 2.24) is 0 Å². The highest BCUT2D eigenvalue weighted by Crippen LogP contribution is 2.27. The lowest BCUT2D eigenvalue weighted by molar-refractivity contribution is -0.156. The highest BCUT2D eigenvalue weighted by Gasteiger charge is 2.25. The van der Waals surface area contributed by atoms with Crippen molar-refractivity contribution in [2.24, 2.45) is 0 Å². The van der Waals surface area contributed by atoms with Gasteiger partial charge in [0, 0.05) is 6.42 Å². The molecule has 2 unspecified atom stereocenters. The predicted molar refractivity (Wildman–Crippen MR) is 70.6 cm³/mol. The van der Waals surface area contributed by atoms with Crippen LogP contribution in [0.5, 0.6) is 0 Å². The maximum atomic E-state index is 11.2. The van der Waals surface area contributed by atoms with Gasteiger partial charge in [0.15, 0.2) is 0 Å². The van der Waals surface area contributed by atoms with Crippen LogP contribution < -0.4 is 0 Å². The van der Waals surface area contributed by atoms with Crippen molar-refractivity contribution >= 4 is 35.2 Å². The highest BCUT2D eigenvalue weighted by molar-refractivity contribution is 6.42. The van der Waals surface area contributed by atoms with Crippen LogP contribution in [0.1, 0.15) is 18.4 Å². The summed E-state index contributed by atoms with van der Waals surface area (Å²) in [6, 6.07) is 5.30. The third-order valence-corrected chi connectivity index (χ3v) is 3.49. The third kappa shape index (κ3) is 3.25. The SMILES string of the molecule is O=C1CC(O)CC(/C=C/c2cccc(Cl)c2Cl)O1. The van der Waals surface area contributed by atoms with Gasteiger partial charge < -0.3 is 9.84 Å². The standard InChI is InChI=1S/C13H12Cl2O3/c14-11-3-1-2-8(13(11)15)4-5-10-6-9(16)7-12(17)18-10/h1-5,9-10,16H,6-7H2/b5-4+. The molecule has 1 aromatic carbocycles. The molecule has 1 N–H and O–H groups in total. The molecule has 1 aromatic rings. The average molecular weight is 287 g/mol. The average Bonchev–Trinajstić information content (AvgIpc) is 2.30. The first-order chi connectivity index (χ1) is 8.56. The second-order valence-corrected chi connectivity index (χ2v) is 4.91. The summed E-state index contributed by atoms with van der Waals surface area (Å²) in [6.07, 6.45) is 2.84. The fourth-order valence-electron chi connectivity index (χ4n) is 1.79. The second kappa shape index (κ2) is 5.74. The molecule has 96 valence electrons. The van der Waals surface area contributed by atoms with Crippen LogP contribution in [0.25, 0.3) is 6.08 Å². The predicted octanol–water partition coefficient (Wildman–Crippen LogP) is 3.07. The van der Waals surface area contributed by atoms with E-state index in [-0.39, 0.29) is 12.4 Å². The molecule has 0 aliphatic carbocycles. The molecule has 0 spiro atoms. The van der Waals surface area contributed by atoms with Crippen LogP contribution in [0.4, 0.5) is 0 Å². The van der Waals surface area contributed by atoms with Crippen LogP contribution in [-0.4, -0.2) is 23.3 Å². The van der Waals surface area contributed by atoms with Crippen LogP contribution in [0.15, 0.2) is 24.3 Å². The smallest absolute Gasteiger partial charge is 0.309 e. The zero-order valence-corrected chi connectivity index (χ0v) is 11.0. The second-order valence-electron chi connectivity index (χ2n) is 4.12. The number of cyclic esters (lactones) is 1. The van der Waals surface area contributed by atoms with Crippen LogP contribution in [-0.2, 0) is 9.53 Å². The lowest BCUT2D eigenvalue weighted by Gasteiger charge is -2.23. The Kier molecular flexibility index (Phi) is 4.27. The molecule has 1 saturated heterocycles. The number of carbonyl (C=O) groups is 1. The maximum Gasteiger partial charge on any atom is 0.309 e. The summed E-state index contributed by atoms with van der Waals surface area (Å²) < 4.78 is 5.09. The molecule has 1 aliphatic heterocycles. The van der Waals surface area contributed by atoms with Gasteiger partial charge in [0.2, 0.25) is 0 Å². The van der Waals surface area contributed by atoms with E-state index in [2.05, 4.69) is 0 Å². The largest absolute Gasteiger partial charge is 0.458 e. The Hall–Kier alpha value is -1.03. The van der Waals surface area contributed by atoms with E-state index >= 15 is 0 Å². The number of aliphatic hydroxyl groups excluding tert-OH is 1. The van der Waals surface area contributed by atoms with E-state index in [1.165, 1.54) is 0 Å². The molecule has 0 amide bonds. The Morgan fingerprint density at radius 1 is 1.39 bits per heavy atom. The van der Waals surface area contributed by atoms with E-state index in [9.17, 15) is 9.90 Å². The monoisotopic (exact) mass is 286 g/mol. The van der Waals surface area contributed by atoms with Crippen molar-refractivity contribution in [1.29, 1.82) is 0 Å². The zero-order chi connectivity index (χ0) is 13.1. The fraction of sp³-hybridized carbons (Fsp3) is 0.308. The van der Waals surface area contributed by atoms with Gasteiger partial charge >= 0.3 is 5.97 Å². The molecular weight excluding hydrogens is 275 g/mol. The first-order valence-corrected chi connectivity index (χ1v) is 6.31. The Morgan fingerprint density at radius 3 is 2.89 bits per heavy atom. The van der Waals surface area contributed by atoms with Crippen molar-refractivity contribution in [2.45, 2.75) is 25.0 Å². The fourth-order valence-corrected chi connectivity index (χ4v) is 2.16. The van der Waals surface area contributed by atoms with Gasteiger partial charge in [-0.1, -0.05) is 41.4 Å². The topological polar surface area (TPSA) is 46.5 Å². The van der Waals surface area contributed by atoms with Crippen LogP contribution in [0.2, 0.25) is 10.0 Å². The molecular formula is C13H12Cl2O3. The number of benzene rings is 1. The lowest BCUT2D eigenvalue weighted by Crippen LogP contribution is -2.31. The van der Waals surface area contributed by atoms with E-state index in [1.54, 1.807) is 24.3 Å². The minimum Gasteiger partial charge on any atom is -0.458 e. The van der Waals surface area contributed by atoms with Gasteiger partial charge in [-0.2, -0.15) is 0 Å². The number of halogens is 2. The van der Waals surface area contributed by atoms with Gasteiger partial charge in [0.25, 0.3) is 0 Å². The molecule has 0 bridgehead atoms. The van der Waals surface area contributed by atoms with E-state index in [1.807, 2.05) is 6.07 Å². The molecule has 0 saturated carbocycles. The number of hydrogen-bond acceptors (Lipinski definition) is 3. The number of esters is 1. The van der Waals surface area contributed by atoms with Gasteiger partial charge in [-0.25, -0.2) is 0 Å². The summed E-state index contributed by atoms with van der Waals surface area (Å²) in [5.74, 6) is -0.388. The van der Waals surface area contributed by atoms with Crippen LogP contribution >= 0.6 is 23.2 Å². The Morgan fingerprint density at radius 2 is 2.17 bits per heavy atom. The number of rotatable bonds is 2. The van der Waals surface area contributed by atoms with E-state index < -0.39 is 12.2 Å². The summed E-state index contributed by atoms with van der Waals surface area (Å²) in [7, 11) is 0. The lowest BCUT2D eigenvalue weighted by atomic mass is 10.0. The summed E-state index contributed by atoms with van der Waals surface area (Å²) in [5, 5.41) is 10.4. The van der Waals surface area contributed by atoms with E-state index in [4.69, 9.17) is 27.9 Å². The molecule has 2 rings (SSSR count). The molecule has 2 atom stereocenters. The first-order valence-electron chi connectivity index (χ1n) is 5.56. The van der Waals surface area contributed by atoms with Gasteiger partial charge in [0.05, 0.1) is 22.6 Å². The van der Waals surface area contributed by atoms with Gasteiger partial charge in [-0.05, 0) is 17.7 Å². The summed E-state index contributed by atoms with van der Waals surface area (Å²) in [5.41, 5.74) is 0.750. The molecule has 1 heterocycles. The molecule has 3 nitrogen and oxygen atoms in total. The third-order valence-electron chi connectivity index (χ3n) is 2.66. The Labute approximate surface area is 115 Å². The minimum absolute atomic E-state index is 0.0578. The molecule has 1 fully saturated rings. The number of aliphatic hydroxyl groups is 1. The van der Waals surface area contributed by atoms with E-state index in [0.717, 1.165) is 5.56 Å². The van der Waals surface area contributed by atoms with Crippen molar-refractivity contribution in [3.05, 3.63) is 39.9 Å². The molecule has 1 aliphatic rings. The van der Waals surface area contributed by atoms with Crippen molar-refractivity contribution < 1.29 is 14.6 Å². The Bertz CT molecular complexity index is 485. The molecule has 0 aromatic heterocycles.